The SMILES string of the molecule is CC1C2C(C[C@H]3[C@@H]4CC=C5C[C@@H](O)C[C@@H](O[C@H]6O[C@H](C)[C@H](O)[C@H](O[C@@H]7OC[C@@H](O)[C@H](O)[C@H]7O)[C@@H]6O[C@@H]6O[C@@H](C)[C@H](O)[C@@H](O)[C@H]6O)[C@]5(C)[C@H]4CC[C@]23C)O[C@]12CC[C@@H](C)CO2. The van der Waals surface area contributed by atoms with Crippen LogP contribution >= 0.6 is 0 Å². The lowest BCUT2D eigenvalue weighted by atomic mass is 9.46. The molecule has 3 saturated carbocycles. The molecule has 60 heavy (non-hydrogen) atoms. The van der Waals surface area contributed by atoms with Crippen LogP contribution < -0.4 is 0 Å². The summed E-state index contributed by atoms with van der Waals surface area (Å²) in [5, 5.41) is 86.8. The molecule has 0 aromatic heterocycles. The molecule has 0 aromatic carbocycles. The van der Waals surface area contributed by atoms with Crippen LogP contribution in [0.25, 0.3) is 0 Å². The number of rotatable bonds is 6. The van der Waals surface area contributed by atoms with Gasteiger partial charge in [0.05, 0.1) is 43.7 Å². The predicted octanol–water partition coefficient (Wildman–Crippen LogP) is 0.852. The van der Waals surface area contributed by atoms with Gasteiger partial charge in [0.15, 0.2) is 24.7 Å². The minimum Gasteiger partial charge on any atom is -0.393 e. The van der Waals surface area contributed by atoms with E-state index < -0.39 is 109 Å². The molecule has 0 radical (unpaired) electrons. The molecule has 0 aromatic rings. The highest BCUT2D eigenvalue weighted by Gasteiger charge is 2.69. The first-order valence-corrected chi connectivity index (χ1v) is 22.7. The van der Waals surface area contributed by atoms with Crippen LogP contribution in [0.15, 0.2) is 11.6 Å². The lowest BCUT2D eigenvalue weighted by Crippen LogP contribution is -2.66. The van der Waals surface area contributed by atoms with Gasteiger partial charge in [-0.25, -0.2) is 0 Å². The van der Waals surface area contributed by atoms with Crippen molar-refractivity contribution in [1.82, 2.24) is 0 Å². The van der Waals surface area contributed by atoms with Crippen molar-refractivity contribution in [2.75, 3.05) is 13.2 Å². The molecule has 3 unspecified atom stereocenters. The van der Waals surface area contributed by atoms with E-state index in [0.29, 0.717) is 30.1 Å². The molecule has 5 saturated heterocycles. The standard InChI is InChI=1S/C44H70O16/c1-18-9-12-44(54-16-18)19(2)30-28(60-44)15-26-24-8-7-22-13-23(45)14-29(43(22,6)25(24)10-11-42(26,30)5)57-41-38(59-40-36(52)34(50)31(47)20(3)55-40)37(32(48)21(4)56-41)58-39-35(51)33(49)27(46)17-53-39/h7,18-21,23-41,45-52H,8-17H2,1-6H3/t18-,19?,20+,21-,23-,24-,25+,26+,27-,28?,29-,30?,31+,32+,33+,34-,35-,36-,37+,38+,39+,40+,41-,42+,43+,44-/m1/s1. The lowest BCUT2D eigenvalue weighted by Gasteiger charge is -2.60. The second kappa shape index (κ2) is 16.2. The van der Waals surface area contributed by atoms with Crippen molar-refractivity contribution in [3.8, 4) is 0 Å². The van der Waals surface area contributed by atoms with Gasteiger partial charge in [-0.15, -0.1) is 0 Å². The smallest absolute Gasteiger partial charge is 0.187 e. The summed E-state index contributed by atoms with van der Waals surface area (Å²) >= 11 is 0. The van der Waals surface area contributed by atoms with Crippen molar-refractivity contribution < 1.29 is 78.7 Å². The van der Waals surface area contributed by atoms with Crippen molar-refractivity contribution in [2.24, 2.45) is 46.3 Å². The Labute approximate surface area is 352 Å². The zero-order valence-electron chi connectivity index (χ0n) is 35.8. The highest BCUT2D eigenvalue weighted by Crippen LogP contribution is 2.71. The van der Waals surface area contributed by atoms with Crippen LogP contribution in [-0.2, 0) is 37.9 Å². The fourth-order valence-electron chi connectivity index (χ4n) is 13.8. The number of fused-ring (bicyclic) bond motifs is 7. The maximum atomic E-state index is 11.6. The van der Waals surface area contributed by atoms with Crippen LogP contribution in [0.2, 0.25) is 0 Å². The molecule has 0 bridgehead atoms. The summed E-state index contributed by atoms with van der Waals surface area (Å²) in [5.74, 6) is 1.67. The van der Waals surface area contributed by atoms with Crippen LogP contribution in [0.3, 0.4) is 0 Å². The summed E-state index contributed by atoms with van der Waals surface area (Å²) in [6.45, 7) is 12.8. The number of ether oxygens (including phenoxy) is 8. The topological polar surface area (TPSA) is 236 Å². The number of allylic oxidation sites excluding steroid dienone is 1. The van der Waals surface area contributed by atoms with E-state index in [2.05, 4.69) is 33.8 Å². The summed E-state index contributed by atoms with van der Waals surface area (Å²) in [7, 11) is 0. The Morgan fingerprint density at radius 3 is 2.12 bits per heavy atom. The highest BCUT2D eigenvalue weighted by molar-refractivity contribution is 5.29. The van der Waals surface area contributed by atoms with E-state index in [1.54, 1.807) is 6.92 Å². The monoisotopic (exact) mass is 854 g/mol. The van der Waals surface area contributed by atoms with E-state index in [9.17, 15) is 40.9 Å². The minimum absolute atomic E-state index is 0.0699. The van der Waals surface area contributed by atoms with Gasteiger partial charge >= 0.3 is 0 Å². The van der Waals surface area contributed by atoms with Gasteiger partial charge in [0, 0.05) is 24.2 Å². The third-order valence-electron chi connectivity index (χ3n) is 17.3. The third kappa shape index (κ3) is 7.01. The van der Waals surface area contributed by atoms with Gasteiger partial charge in [-0.2, -0.15) is 0 Å². The largest absolute Gasteiger partial charge is 0.393 e. The number of aliphatic hydroxyl groups is 8. The zero-order valence-corrected chi connectivity index (χ0v) is 35.8. The fourth-order valence-corrected chi connectivity index (χ4v) is 13.8. The van der Waals surface area contributed by atoms with E-state index >= 15 is 0 Å². The molecule has 5 aliphatic heterocycles. The zero-order chi connectivity index (χ0) is 42.8. The summed E-state index contributed by atoms with van der Waals surface area (Å²) in [6, 6.07) is 0. The number of aliphatic hydroxyl groups excluding tert-OH is 8. The van der Waals surface area contributed by atoms with Crippen LogP contribution in [0.5, 0.6) is 0 Å². The molecule has 16 nitrogen and oxygen atoms in total. The van der Waals surface area contributed by atoms with Gasteiger partial charge in [0.25, 0.3) is 0 Å². The molecule has 9 aliphatic rings. The van der Waals surface area contributed by atoms with E-state index in [1.807, 2.05) is 0 Å². The maximum absolute atomic E-state index is 11.6. The molecule has 5 heterocycles. The molecular formula is C44H70O16. The molecule has 1 spiro atoms. The van der Waals surface area contributed by atoms with E-state index in [-0.39, 0.29) is 36.4 Å². The second-order valence-corrected chi connectivity index (χ2v) is 20.7. The summed E-state index contributed by atoms with van der Waals surface area (Å²) in [6.07, 6.45) is -12.0. The van der Waals surface area contributed by atoms with E-state index in [1.165, 1.54) is 6.92 Å². The molecule has 9 rings (SSSR count). The van der Waals surface area contributed by atoms with Crippen molar-refractivity contribution in [2.45, 2.75) is 203 Å². The van der Waals surface area contributed by atoms with Crippen molar-refractivity contribution in [1.29, 1.82) is 0 Å². The Morgan fingerprint density at radius 2 is 1.38 bits per heavy atom. The van der Waals surface area contributed by atoms with Gasteiger partial charge in [0.1, 0.15) is 54.9 Å². The van der Waals surface area contributed by atoms with Crippen LogP contribution in [0, 0.1) is 46.3 Å². The molecule has 0 amide bonds. The van der Waals surface area contributed by atoms with Crippen LogP contribution in [0.1, 0.15) is 92.9 Å². The Kier molecular flexibility index (Phi) is 12.0. The average molecular weight is 855 g/mol. The Balaban J connectivity index is 1.01. The number of hydrogen-bond acceptors (Lipinski definition) is 16. The van der Waals surface area contributed by atoms with Gasteiger partial charge in [-0.1, -0.05) is 39.3 Å². The highest BCUT2D eigenvalue weighted by atomic mass is 16.8. The minimum atomic E-state index is -1.72. The molecule has 16 heteroatoms. The molecule has 8 N–H and O–H groups in total. The van der Waals surface area contributed by atoms with Gasteiger partial charge in [0.2, 0.25) is 0 Å². The Bertz CT molecular complexity index is 1580. The van der Waals surface area contributed by atoms with Crippen molar-refractivity contribution in [3.05, 3.63) is 11.6 Å². The molecular weight excluding hydrogens is 784 g/mol. The van der Waals surface area contributed by atoms with Gasteiger partial charge in [-0.3, -0.25) is 0 Å². The molecule has 342 valence electrons. The lowest BCUT2D eigenvalue weighted by molar-refractivity contribution is -0.391. The van der Waals surface area contributed by atoms with Crippen molar-refractivity contribution in [3.63, 3.8) is 0 Å². The van der Waals surface area contributed by atoms with Crippen LogP contribution in [0.4, 0.5) is 0 Å². The van der Waals surface area contributed by atoms with E-state index in [4.69, 9.17) is 37.9 Å². The molecule has 4 aliphatic carbocycles. The predicted molar refractivity (Wildman–Crippen MR) is 208 cm³/mol. The maximum Gasteiger partial charge on any atom is 0.187 e. The average Bonchev–Trinajstić information content (AvgIpc) is 3.66. The first-order valence-electron chi connectivity index (χ1n) is 22.7. The summed E-state index contributed by atoms with van der Waals surface area (Å²) in [4.78, 5) is 0. The Morgan fingerprint density at radius 1 is 0.683 bits per heavy atom. The summed E-state index contributed by atoms with van der Waals surface area (Å²) < 4.78 is 51.1. The fraction of sp³-hybridized carbons (Fsp3) is 0.955. The van der Waals surface area contributed by atoms with Gasteiger partial charge in [-0.05, 0) is 87.4 Å². The Hall–Kier alpha value is -0.900. The first kappa shape index (κ1) is 44.3. The van der Waals surface area contributed by atoms with Crippen molar-refractivity contribution >= 4 is 0 Å². The molecule has 26 atom stereocenters. The van der Waals surface area contributed by atoms with Gasteiger partial charge < -0.3 is 78.7 Å². The quantitative estimate of drug-likeness (QED) is 0.173. The molecule has 8 fully saturated rings. The first-order chi connectivity index (χ1) is 28.4. The third-order valence-corrected chi connectivity index (χ3v) is 17.3. The van der Waals surface area contributed by atoms with Crippen LogP contribution in [-0.4, -0.2) is 164 Å². The normalized spacial score (nSPS) is 59.2. The van der Waals surface area contributed by atoms with E-state index in [0.717, 1.165) is 50.7 Å². The second-order valence-electron chi connectivity index (χ2n) is 20.7. The summed E-state index contributed by atoms with van der Waals surface area (Å²) in [5.41, 5.74) is 0.681. The number of hydrogen-bond donors (Lipinski definition) is 8.